The third-order valence-corrected chi connectivity index (χ3v) is 7.14. The van der Waals surface area contributed by atoms with Gasteiger partial charge in [0.1, 0.15) is 10.7 Å². The lowest BCUT2D eigenvalue weighted by atomic mass is 10.2. The van der Waals surface area contributed by atoms with Gasteiger partial charge in [-0.1, -0.05) is 30.3 Å². The average molecular weight is 450 g/mol. The molecule has 166 valence electrons. The molecule has 0 aliphatic carbocycles. The third-order valence-electron chi connectivity index (χ3n) is 5.26. The largest absolute Gasteiger partial charge is 0.347 e. The minimum atomic E-state index is -4.09. The first-order valence-corrected chi connectivity index (χ1v) is 11.5. The molecule has 4 rings (SSSR count). The molecule has 2 amide bonds. The molecular formula is C21H24FN3O5S. The Morgan fingerprint density at radius 1 is 0.968 bits per heavy atom. The van der Waals surface area contributed by atoms with Crippen molar-refractivity contribution in [1.29, 1.82) is 0 Å². The van der Waals surface area contributed by atoms with Crippen molar-refractivity contribution in [1.82, 2.24) is 9.21 Å². The zero-order chi connectivity index (χ0) is 21.9. The number of hydrogen-bond donors (Lipinski definition) is 1. The Morgan fingerprint density at radius 2 is 1.68 bits per heavy atom. The normalized spacial score (nSPS) is 22.8. The van der Waals surface area contributed by atoms with E-state index in [1.54, 1.807) is 17.0 Å². The first-order valence-electron chi connectivity index (χ1n) is 10.0. The summed E-state index contributed by atoms with van der Waals surface area (Å²) in [7, 11) is -4.09. The molecule has 0 radical (unpaired) electrons. The summed E-state index contributed by atoms with van der Waals surface area (Å²) >= 11 is 0. The molecule has 2 aliphatic heterocycles. The Kier molecular flexibility index (Phi) is 6.24. The van der Waals surface area contributed by atoms with Crippen LogP contribution in [0.4, 0.5) is 14.9 Å². The van der Waals surface area contributed by atoms with Gasteiger partial charge in [-0.25, -0.2) is 17.6 Å². The molecule has 1 unspecified atom stereocenters. The van der Waals surface area contributed by atoms with E-state index in [-0.39, 0.29) is 37.2 Å². The number of ether oxygens (including phenoxy) is 2. The monoisotopic (exact) mass is 449 g/mol. The molecule has 8 nitrogen and oxygen atoms in total. The summed E-state index contributed by atoms with van der Waals surface area (Å²) in [6.07, 6.45) is 0.577. The van der Waals surface area contributed by atoms with E-state index < -0.39 is 21.6 Å². The summed E-state index contributed by atoms with van der Waals surface area (Å²) in [5.74, 6) is -2.13. The molecule has 31 heavy (non-hydrogen) atoms. The number of carbonyl (C=O) groups excluding carboxylic acids is 1. The third kappa shape index (κ3) is 4.72. The molecule has 2 aromatic carbocycles. The lowest BCUT2D eigenvalue weighted by Gasteiger charge is -2.42. The first-order chi connectivity index (χ1) is 14.9. The van der Waals surface area contributed by atoms with Gasteiger partial charge in [0, 0.05) is 18.8 Å². The minimum Gasteiger partial charge on any atom is -0.347 e. The van der Waals surface area contributed by atoms with Crippen LogP contribution in [0, 0.1) is 5.82 Å². The van der Waals surface area contributed by atoms with Gasteiger partial charge in [0.2, 0.25) is 10.0 Å². The molecule has 2 aliphatic rings. The van der Waals surface area contributed by atoms with Gasteiger partial charge < -0.3 is 19.7 Å². The zero-order valence-electron chi connectivity index (χ0n) is 16.9. The number of nitrogens with zero attached hydrogens (tertiary/aromatic N) is 2. The van der Waals surface area contributed by atoms with E-state index in [1.165, 1.54) is 18.2 Å². The highest BCUT2D eigenvalue weighted by Gasteiger charge is 2.45. The number of sulfonamides is 1. The lowest BCUT2D eigenvalue weighted by molar-refractivity contribution is -0.255. The summed E-state index contributed by atoms with van der Waals surface area (Å²) in [5.41, 5.74) is 0.653. The fourth-order valence-corrected chi connectivity index (χ4v) is 5.26. The van der Waals surface area contributed by atoms with Crippen molar-refractivity contribution in [2.75, 3.05) is 44.7 Å². The highest BCUT2D eigenvalue weighted by atomic mass is 32.2. The van der Waals surface area contributed by atoms with Crippen molar-refractivity contribution in [3.63, 3.8) is 0 Å². The molecule has 10 heteroatoms. The number of morpholine rings is 1. The van der Waals surface area contributed by atoms with Crippen LogP contribution >= 0.6 is 0 Å². The standard InChI is InChI=1S/C21H24FN3O5S/c22-18-9-4-5-10-19(18)31(27,28)25-12-14-30-21(16-25)15-24(11-6-13-29-21)20(26)23-17-7-2-1-3-8-17/h1-5,7-10H,6,11-16H2,(H,23,26). The van der Waals surface area contributed by atoms with Crippen LogP contribution in [0.25, 0.3) is 0 Å². The SMILES string of the molecule is O=C(Nc1ccccc1)N1CCCOC2(C1)CN(S(=O)(=O)c1ccccc1F)CCO2. The minimum absolute atomic E-state index is 0.0506. The van der Waals surface area contributed by atoms with Crippen LogP contribution in [0.1, 0.15) is 6.42 Å². The molecule has 1 spiro atoms. The van der Waals surface area contributed by atoms with Crippen LogP contribution in [0.15, 0.2) is 59.5 Å². The van der Waals surface area contributed by atoms with Crippen LogP contribution in [0.3, 0.4) is 0 Å². The van der Waals surface area contributed by atoms with Crippen molar-refractivity contribution in [3.8, 4) is 0 Å². The van der Waals surface area contributed by atoms with Gasteiger partial charge in [-0.3, -0.25) is 0 Å². The van der Waals surface area contributed by atoms with Crippen molar-refractivity contribution >= 4 is 21.7 Å². The fourth-order valence-electron chi connectivity index (χ4n) is 3.73. The van der Waals surface area contributed by atoms with E-state index in [2.05, 4.69) is 5.32 Å². The van der Waals surface area contributed by atoms with E-state index >= 15 is 0 Å². The number of amides is 2. The van der Waals surface area contributed by atoms with Crippen LogP contribution in [0.2, 0.25) is 0 Å². The molecule has 1 atom stereocenters. The highest BCUT2D eigenvalue weighted by Crippen LogP contribution is 2.29. The second kappa shape index (κ2) is 8.91. The van der Waals surface area contributed by atoms with E-state index in [1.807, 2.05) is 18.2 Å². The Bertz CT molecular complexity index is 1040. The van der Waals surface area contributed by atoms with E-state index in [0.717, 1.165) is 10.4 Å². The summed E-state index contributed by atoms with van der Waals surface area (Å²) < 4.78 is 53.2. The molecule has 1 N–H and O–H groups in total. The van der Waals surface area contributed by atoms with Crippen molar-refractivity contribution in [3.05, 3.63) is 60.4 Å². The average Bonchev–Trinajstić information content (AvgIpc) is 2.97. The molecule has 2 saturated heterocycles. The summed E-state index contributed by atoms with van der Waals surface area (Å²) in [6.45, 7) is 0.792. The van der Waals surface area contributed by atoms with E-state index in [4.69, 9.17) is 9.47 Å². The van der Waals surface area contributed by atoms with Gasteiger partial charge in [-0.05, 0) is 30.7 Å². The topological polar surface area (TPSA) is 88.2 Å². The number of para-hydroxylation sites is 1. The fraction of sp³-hybridized carbons (Fsp3) is 0.381. The van der Waals surface area contributed by atoms with Crippen molar-refractivity contribution in [2.45, 2.75) is 17.1 Å². The molecule has 0 aromatic heterocycles. The van der Waals surface area contributed by atoms with Crippen LogP contribution in [-0.2, 0) is 19.5 Å². The van der Waals surface area contributed by atoms with Crippen LogP contribution in [0.5, 0.6) is 0 Å². The lowest BCUT2D eigenvalue weighted by Crippen LogP contribution is -2.59. The number of hydrogen-bond acceptors (Lipinski definition) is 5. The van der Waals surface area contributed by atoms with Gasteiger partial charge in [-0.15, -0.1) is 0 Å². The Labute approximate surface area is 180 Å². The maximum Gasteiger partial charge on any atom is 0.322 e. The van der Waals surface area contributed by atoms with Crippen LogP contribution < -0.4 is 5.32 Å². The summed E-state index contributed by atoms with van der Waals surface area (Å²) in [5, 5.41) is 2.83. The van der Waals surface area contributed by atoms with Crippen molar-refractivity contribution < 1.29 is 27.1 Å². The Morgan fingerprint density at radius 3 is 2.45 bits per heavy atom. The molecule has 0 bridgehead atoms. The highest BCUT2D eigenvalue weighted by molar-refractivity contribution is 7.89. The van der Waals surface area contributed by atoms with Gasteiger partial charge in [0.15, 0.2) is 5.79 Å². The predicted molar refractivity (Wildman–Crippen MR) is 111 cm³/mol. The van der Waals surface area contributed by atoms with Gasteiger partial charge in [0.05, 0.1) is 26.3 Å². The molecular weight excluding hydrogens is 425 g/mol. The molecule has 2 fully saturated rings. The van der Waals surface area contributed by atoms with E-state index in [0.29, 0.717) is 25.3 Å². The maximum atomic E-state index is 14.2. The van der Waals surface area contributed by atoms with Gasteiger partial charge in [0.25, 0.3) is 0 Å². The quantitative estimate of drug-likeness (QED) is 0.778. The second-order valence-electron chi connectivity index (χ2n) is 7.45. The number of rotatable bonds is 3. The number of anilines is 1. The number of benzene rings is 2. The maximum absolute atomic E-state index is 14.2. The Balaban J connectivity index is 1.53. The number of halogens is 1. The van der Waals surface area contributed by atoms with Crippen LogP contribution in [-0.4, -0.2) is 68.8 Å². The zero-order valence-corrected chi connectivity index (χ0v) is 17.7. The number of carbonyl (C=O) groups is 1. The summed E-state index contributed by atoms with van der Waals surface area (Å²) in [4.78, 5) is 14.0. The number of urea groups is 1. The van der Waals surface area contributed by atoms with Gasteiger partial charge in [-0.2, -0.15) is 4.31 Å². The van der Waals surface area contributed by atoms with Gasteiger partial charge >= 0.3 is 6.03 Å². The smallest absolute Gasteiger partial charge is 0.322 e. The first kappa shape index (κ1) is 21.7. The second-order valence-corrected chi connectivity index (χ2v) is 9.35. The summed E-state index contributed by atoms with van der Waals surface area (Å²) in [6, 6.07) is 14.0. The van der Waals surface area contributed by atoms with Crippen molar-refractivity contribution in [2.24, 2.45) is 0 Å². The predicted octanol–water partition coefficient (Wildman–Crippen LogP) is 2.50. The molecule has 2 aromatic rings. The Hall–Kier alpha value is -2.53. The van der Waals surface area contributed by atoms with E-state index in [9.17, 15) is 17.6 Å². The molecule has 2 heterocycles. The molecule has 0 saturated carbocycles. The number of nitrogens with one attached hydrogen (secondary N) is 1.